The molecule has 2 saturated heterocycles. The van der Waals surface area contributed by atoms with Gasteiger partial charge in [0.25, 0.3) is 0 Å². The highest BCUT2D eigenvalue weighted by molar-refractivity contribution is 9.10. The molecule has 2 heterocycles. The van der Waals surface area contributed by atoms with Crippen molar-refractivity contribution in [2.75, 3.05) is 66.1 Å². The molecule has 0 aliphatic carbocycles. The fourth-order valence-corrected chi connectivity index (χ4v) is 4.12. The third kappa shape index (κ3) is 5.68. The van der Waals surface area contributed by atoms with Gasteiger partial charge >= 0.3 is 0 Å². The van der Waals surface area contributed by atoms with Crippen molar-refractivity contribution in [3.8, 4) is 5.75 Å². The predicted molar refractivity (Wildman–Crippen MR) is 109 cm³/mol. The van der Waals surface area contributed by atoms with Gasteiger partial charge in [-0.05, 0) is 40.0 Å². The number of ether oxygens (including phenoxy) is 2. The van der Waals surface area contributed by atoms with Crippen molar-refractivity contribution in [3.05, 3.63) is 28.2 Å². The highest BCUT2D eigenvalue weighted by Crippen LogP contribution is 2.26. The van der Waals surface area contributed by atoms with Crippen LogP contribution in [0.25, 0.3) is 0 Å². The number of aryl methyl sites for hydroxylation is 1. The van der Waals surface area contributed by atoms with Crippen LogP contribution < -0.4 is 4.74 Å². The zero-order chi connectivity index (χ0) is 19.9. The molecular formula is C20H28BrN3O4. The van der Waals surface area contributed by atoms with Gasteiger partial charge in [-0.3, -0.25) is 14.5 Å². The predicted octanol–water partition coefficient (Wildman–Crippen LogP) is 1.39. The third-order valence-electron chi connectivity index (χ3n) is 5.29. The van der Waals surface area contributed by atoms with Crippen molar-refractivity contribution in [2.45, 2.75) is 12.8 Å². The fraction of sp³-hybridized carbons (Fsp3) is 0.600. The van der Waals surface area contributed by atoms with Gasteiger partial charge in [-0.25, -0.2) is 0 Å². The lowest BCUT2D eigenvalue weighted by atomic mass is 10.1. The molecule has 1 aromatic carbocycles. The second-order valence-electron chi connectivity index (χ2n) is 7.12. The van der Waals surface area contributed by atoms with Crippen LogP contribution in [-0.2, 0) is 20.7 Å². The summed E-state index contributed by atoms with van der Waals surface area (Å²) in [6.45, 7) is 5.91. The number of benzene rings is 1. The lowest BCUT2D eigenvalue weighted by molar-refractivity contribution is -0.140. The molecule has 0 atom stereocenters. The highest BCUT2D eigenvalue weighted by Gasteiger charge is 2.25. The largest absolute Gasteiger partial charge is 0.496 e. The van der Waals surface area contributed by atoms with E-state index in [0.717, 1.165) is 28.9 Å². The third-order valence-corrected chi connectivity index (χ3v) is 5.91. The van der Waals surface area contributed by atoms with Crippen molar-refractivity contribution < 1.29 is 19.1 Å². The van der Waals surface area contributed by atoms with E-state index in [-0.39, 0.29) is 11.8 Å². The summed E-state index contributed by atoms with van der Waals surface area (Å²) in [5.74, 6) is 1.08. The molecule has 1 aromatic rings. The molecule has 7 nitrogen and oxygen atoms in total. The minimum absolute atomic E-state index is 0.146. The normalized spacial score (nSPS) is 18.2. The molecule has 154 valence electrons. The minimum Gasteiger partial charge on any atom is -0.496 e. The molecule has 2 aliphatic rings. The van der Waals surface area contributed by atoms with Crippen LogP contribution in [0.2, 0.25) is 0 Å². The molecule has 0 bridgehead atoms. The van der Waals surface area contributed by atoms with Crippen LogP contribution in [0.5, 0.6) is 5.75 Å². The molecule has 0 unspecified atom stereocenters. The molecular weight excluding hydrogens is 426 g/mol. The van der Waals surface area contributed by atoms with Crippen LogP contribution >= 0.6 is 15.9 Å². The molecule has 0 spiro atoms. The number of hydrogen-bond acceptors (Lipinski definition) is 5. The summed E-state index contributed by atoms with van der Waals surface area (Å²) in [4.78, 5) is 30.9. The van der Waals surface area contributed by atoms with Crippen molar-refractivity contribution in [1.29, 1.82) is 0 Å². The van der Waals surface area contributed by atoms with Gasteiger partial charge in [0.15, 0.2) is 0 Å². The lowest BCUT2D eigenvalue weighted by Gasteiger charge is -2.36. The van der Waals surface area contributed by atoms with Gasteiger partial charge in [-0.15, -0.1) is 0 Å². The highest BCUT2D eigenvalue weighted by atomic mass is 79.9. The van der Waals surface area contributed by atoms with E-state index in [0.29, 0.717) is 58.8 Å². The molecule has 28 heavy (non-hydrogen) atoms. The monoisotopic (exact) mass is 453 g/mol. The average Bonchev–Trinajstić information content (AvgIpc) is 2.73. The minimum atomic E-state index is 0.146. The van der Waals surface area contributed by atoms with Crippen molar-refractivity contribution in [3.63, 3.8) is 0 Å². The Hall–Kier alpha value is -1.64. The van der Waals surface area contributed by atoms with E-state index in [9.17, 15) is 9.59 Å². The maximum Gasteiger partial charge on any atom is 0.236 e. The van der Waals surface area contributed by atoms with Crippen LogP contribution in [0, 0.1) is 0 Å². The summed E-state index contributed by atoms with van der Waals surface area (Å²) in [5, 5.41) is 0. The quantitative estimate of drug-likeness (QED) is 0.651. The van der Waals surface area contributed by atoms with E-state index in [1.54, 1.807) is 7.11 Å². The van der Waals surface area contributed by atoms with Gasteiger partial charge in [-0.1, -0.05) is 6.07 Å². The number of nitrogens with zero attached hydrogens (tertiary/aromatic N) is 3. The summed E-state index contributed by atoms with van der Waals surface area (Å²) in [7, 11) is 1.63. The van der Waals surface area contributed by atoms with Crippen molar-refractivity contribution >= 4 is 27.7 Å². The smallest absolute Gasteiger partial charge is 0.236 e. The van der Waals surface area contributed by atoms with Gasteiger partial charge < -0.3 is 19.3 Å². The Kier molecular flexibility index (Phi) is 7.70. The number of amides is 2. The Morgan fingerprint density at radius 2 is 1.68 bits per heavy atom. The molecule has 0 aromatic heterocycles. The molecule has 0 N–H and O–H groups in total. The average molecular weight is 454 g/mol. The number of carbonyl (C=O) groups is 2. The zero-order valence-electron chi connectivity index (χ0n) is 16.4. The first-order chi connectivity index (χ1) is 13.6. The Labute approximate surface area is 174 Å². The van der Waals surface area contributed by atoms with Crippen LogP contribution in [0.15, 0.2) is 22.7 Å². The van der Waals surface area contributed by atoms with Crippen molar-refractivity contribution in [2.24, 2.45) is 0 Å². The van der Waals surface area contributed by atoms with E-state index < -0.39 is 0 Å². The molecule has 2 fully saturated rings. The van der Waals surface area contributed by atoms with Gasteiger partial charge in [0, 0.05) is 45.7 Å². The Morgan fingerprint density at radius 1 is 1.04 bits per heavy atom. The molecule has 0 saturated carbocycles. The number of hydrogen-bond donors (Lipinski definition) is 0. The molecule has 3 rings (SSSR count). The van der Waals surface area contributed by atoms with Gasteiger partial charge in [0.1, 0.15) is 5.75 Å². The number of halogens is 1. The summed E-state index contributed by atoms with van der Waals surface area (Å²) < 4.78 is 11.5. The number of morpholine rings is 1. The fourth-order valence-electron chi connectivity index (χ4n) is 3.53. The van der Waals surface area contributed by atoms with Crippen molar-refractivity contribution in [1.82, 2.24) is 14.7 Å². The van der Waals surface area contributed by atoms with Crippen LogP contribution in [0.3, 0.4) is 0 Å². The van der Waals surface area contributed by atoms with Crippen LogP contribution in [-0.4, -0.2) is 92.7 Å². The van der Waals surface area contributed by atoms with Gasteiger partial charge in [0.2, 0.25) is 11.8 Å². The first-order valence-electron chi connectivity index (χ1n) is 9.75. The number of carbonyl (C=O) groups excluding carboxylic acids is 2. The van der Waals surface area contributed by atoms with E-state index in [4.69, 9.17) is 9.47 Å². The second-order valence-corrected chi connectivity index (χ2v) is 7.97. The van der Waals surface area contributed by atoms with E-state index in [2.05, 4.69) is 20.8 Å². The standard InChI is InChI=1S/C20H28BrN3O4/c1-27-18-4-2-16(14-17(18)21)3-5-19(25)23-6-8-24(9-7-23)20(26)15-22-10-12-28-13-11-22/h2,4,14H,3,5-13,15H2,1H3. The number of piperazine rings is 1. The van der Waals surface area contributed by atoms with Crippen LogP contribution in [0.4, 0.5) is 0 Å². The molecule has 2 amide bonds. The topological polar surface area (TPSA) is 62.3 Å². The summed E-state index contributed by atoms with van der Waals surface area (Å²) >= 11 is 3.48. The van der Waals surface area contributed by atoms with Crippen LogP contribution in [0.1, 0.15) is 12.0 Å². The maximum absolute atomic E-state index is 12.5. The van der Waals surface area contributed by atoms with Gasteiger partial charge in [0.05, 0.1) is 31.3 Å². The lowest BCUT2D eigenvalue weighted by Crippen LogP contribution is -2.53. The van der Waals surface area contributed by atoms with Gasteiger partial charge in [-0.2, -0.15) is 0 Å². The number of rotatable bonds is 6. The van der Waals surface area contributed by atoms with E-state index in [1.807, 2.05) is 28.0 Å². The SMILES string of the molecule is COc1ccc(CCC(=O)N2CCN(C(=O)CN3CCOCC3)CC2)cc1Br. The van der Waals surface area contributed by atoms with E-state index >= 15 is 0 Å². The Balaban J connectivity index is 1.40. The summed E-state index contributed by atoms with van der Waals surface area (Å²) in [6, 6.07) is 5.89. The maximum atomic E-state index is 12.5. The first kappa shape index (κ1) is 21.1. The first-order valence-corrected chi connectivity index (χ1v) is 10.5. The Morgan fingerprint density at radius 3 is 2.29 bits per heavy atom. The zero-order valence-corrected chi connectivity index (χ0v) is 17.9. The summed E-state index contributed by atoms with van der Waals surface area (Å²) in [5.41, 5.74) is 1.10. The van der Waals surface area contributed by atoms with E-state index in [1.165, 1.54) is 0 Å². The second kappa shape index (κ2) is 10.2. The summed E-state index contributed by atoms with van der Waals surface area (Å²) in [6.07, 6.45) is 1.16. The Bertz CT molecular complexity index is 686. The molecule has 0 radical (unpaired) electrons. The number of methoxy groups -OCH3 is 1. The molecule has 8 heteroatoms. The molecule has 2 aliphatic heterocycles.